The molecule has 5 nitrogen and oxygen atoms in total. The maximum Gasteiger partial charge on any atom is 0.223 e. The van der Waals surface area contributed by atoms with E-state index in [0.717, 1.165) is 57.8 Å². The number of imidazole rings is 1. The molecule has 1 amide bonds. The average molecular weight is 302 g/mol. The van der Waals surface area contributed by atoms with Gasteiger partial charge in [0.25, 0.3) is 0 Å². The van der Waals surface area contributed by atoms with Crippen molar-refractivity contribution in [3.8, 4) is 0 Å². The summed E-state index contributed by atoms with van der Waals surface area (Å²) in [6.45, 7) is 4.60. The molecule has 2 heterocycles. The van der Waals surface area contributed by atoms with Crippen molar-refractivity contribution >= 4 is 5.91 Å². The Balaban J connectivity index is 1.50. The summed E-state index contributed by atoms with van der Waals surface area (Å²) in [5, 5.41) is 0. The lowest BCUT2D eigenvalue weighted by atomic mass is 10.0. The topological polar surface area (TPSA) is 41.4 Å². The zero-order valence-electron chi connectivity index (χ0n) is 13.4. The lowest BCUT2D eigenvalue weighted by molar-refractivity contribution is -0.131. The quantitative estimate of drug-likeness (QED) is 0.797. The molecule has 3 rings (SSSR count). The van der Waals surface area contributed by atoms with Gasteiger partial charge in [0.15, 0.2) is 0 Å². The molecular weight excluding hydrogens is 276 g/mol. The molecule has 0 spiro atoms. The fourth-order valence-electron chi connectivity index (χ4n) is 3.35. The van der Waals surface area contributed by atoms with Gasteiger partial charge in [-0.1, -0.05) is 12.2 Å². The number of amides is 1. The smallest absolute Gasteiger partial charge is 0.223 e. The molecule has 5 heteroatoms. The van der Waals surface area contributed by atoms with E-state index in [0.29, 0.717) is 18.2 Å². The van der Waals surface area contributed by atoms with Crippen LogP contribution in [0.3, 0.4) is 0 Å². The minimum atomic E-state index is 0.329. The molecule has 1 atom stereocenters. The summed E-state index contributed by atoms with van der Waals surface area (Å²) >= 11 is 0. The van der Waals surface area contributed by atoms with E-state index in [4.69, 9.17) is 0 Å². The maximum atomic E-state index is 12.4. The molecule has 1 aromatic rings. The van der Waals surface area contributed by atoms with Crippen LogP contribution in [0.5, 0.6) is 0 Å². The van der Waals surface area contributed by atoms with Crippen molar-refractivity contribution < 1.29 is 4.79 Å². The van der Waals surface area contributed by atoms with Crippen LogP contribution in [-0.4, -0.2) is 51.4 Å². The van der Waals surface area contributed by atoms with Crippen LogP contribution in [0.1, 0.15) is 31.5 Å². The summed E-state index contributed by atoms with van der Waals surface area (Å²) in [4.78, 5) is 21.3. The van der Waals surface area contributed by atoms with Gasteiger partial charge in [0.05, 0.1) is 6.54 Å². The first-order valence-corrected chi connectivity index (χ1v) is 8.35. The van der Waals surface area contributed by atoms with Gasteiger partial charge in [0, 0.05) is 52.0 Å². The van der Waals surface area contributed by atoms with Crippen molar-refractivity contribution in [1.82, 2.24) is 19.4 Å². The molecule has 0 aromatic carbocycles. The third-order valence-corrected chi connectivity index (χ3v) is 4.78. The average Bonchev–Trinajstić information content (AvgIpc) is 3.08. The minimum absolute atomic E-state index is 0.329. The van der Waals surface area contributed by atoms with E-state index in [1.54, 1.807) is 0 Å². The normalized spacial score (nSPS) is 23.0. The Morgan fingerprint density at radius 2 is 2.23 bits per heavy atom. The van der Waals surface area contributed by atoms with Gasteiger partial charge in [-0.05, 0) is 25.2 Å². The number of hydrogen-bond donors (Lipinski definition) is 0. The van der Waals surface area contributed by atoms with Crippen molar-refractivity contribution in [3.05, 3.63) is 30.4 Å². The Bertz CT molecular complexity index is 537. The molecular formula is C17H26N4O. The lowest BCUT2D eigenvalue weighted by Gasteiger charge is -2.23. The molecule has 1 fully saturated rings. The molecule has 1 aliphatic carbocycles. The van der Waals surface area contributed by atoms with E-state index < -0.39 is 0 Å². The van der Waals surface area contributed by atoms with Crippen molar-refractivity contribution in [3.63, 3.8) is 0 Å². The lowest BCUT2D eigenvalue weighted by Crippen LogP contribution is -2.35. The Morgan fingerprint density at radius 1 is 1.32 bits per heavy atom. The Labute approximate surface area is 132 Å². The first kappa shape index (κ1) is 15.3. The molecule has 1 saturated heterocycles. The molecule has 1 aromatic heterocycles. The van der Waals surface area contributed by atoms with Gasteiger partial charge in [0.1, 0.15) is 5.82 Å². The Morgan fingerprint density at radius 3 is 2.95 bits per heavy atom. The molecule has 120 valence electrons. The monoisotopic (exact) mass is 302 g/mol. The van der Waals surface area contributed by atoms with Gasteiger partial charge < -0.3 is 9.47 Å². The third-order valence-electron chi connectivity index (χ3n) is 4.78. The van der Waals surface area contributed by atoms with Crippen LogP contribution in [0, 0.1) is 5.92 Å². The number of hydrogen-bond acceptors (Lipinski definition) is 3. The molecule has 0 unspecified atom stereocenters. The van der Waals surface area contributed by atoms with Crippen molar-refractivity contribution in [2.45, 2.75) is 32.2 Å². The first-order valence-electron chi connectivity index (χ1n) is 8.35. The standard InChI is InChI=1S/C17H26N4O/c1-19-10-7-18-16(19)14-20-8-4-9-21(12-11-20)17(22)13-15-5-2-3-6-15/h2,5,7,10,15H,3-4,6,8-9,11-14H2,1H3/t15-/m1/s1. The van der Waals surface area contributed by atoms with Crippen LogP contribution < -0.4 is 0 Å². The number of carbonyl (C=O) groups excluding carboxylic acids is 1. The number of nitrogens with zero attached hydrogens (tertiary/aromatic N) is 4. The minimum Gasteiger partial charge on any atom is -0.341 e. The number of aryl methyl sites for hydroxylation is 1. The molecule has 0 radical (unpaired) electrons. The van der Waals surface area contributed by atoms with Crippen molar-refractivity contribution in [2.24, 2.45) is 13.0 Å². The zero-order valence-corrected chi connectivity index (χ0v) is 13.4. The molecule has 0 N–H and O–H groups in total. The highest BCUT2D eigenvalue weighted by Gasteiger charge is 2.22. The fraction of sp³-hybridized carbons (Fsp3) is 0.647. The van der Waals surface area contributed by atoms with Gasteiger partial charge in [-0.3, -0.25) is 9.69 Å². The van der Waals surface area contributed by atoms with Gasteiger partial charge in [0.2, 0.25) is 5.91 Å². The van der Waals surface area contributed by atoms with E-state index in [1.165, 1.54) is 0 Å². The fourth-order valence-corrected chi connectivity index (χ4v) is 3.35. The van der Waals surface area contributed by atoms with E-state index in [1.807, 2.05) is 19.4 Å². The van der Waals surface area contributed by atoms with E-state index >= 15 is 0 Å². The summed E-state index contributed by atoms with van der Waals surface area (Å²) in [5.41, 5.74) is 0. The van der Waals surface area contributed by atoms with Crippen LogP contribution in [0.2, 0.25) is 0 Å². The number of carbonyl (C=O) groups is 1. The van der Waals surface area contributed by atoms with Crippen molar-refractivity contribution in [1.29, 1.82) is 0 Å². The summed E-state index contributed by atoms with van der Waals surface area (Å²) < 4.78 is 2.07. The second kappa shape index (κ2) is 7.09. The van der Waals surface area contributed by atoms with Crippen LogP contribution >= 0.6 is 0 Å². The highest BCUT2D eigenvalue weighted by Crippen LogP contribution is 2.21. The number of allylic oxidation sites excluding steroid dienone is 2. The number of aromatic nitrogens is 2. The van der Waals surface area contributed by atoms with Gasteiger partial charge in [-0.15, -0.1) is 0 Å². The van der Waals surface area contributed by atoms with Crippen LogP contribution in [-0.2, 0) is 18.4 Å². The third kappa shape index (κ3) is 3.77. The highest BCUT2D eigenvalue weighted by molar-refractivity contribution is 5.76. The maximum absolute atomic E-state index is 12.4. The SMILES string of the molecule is Cn1ccnc1CN1CCCN(C(=O)C[C@@H]2C=CCC2)CC1. The zero-order chi connectivity index (χ0) is 15.4. The molecule has 2 aliphatic rings. The van der Waals surface area contributed by atoms with E-state index in [-0.39, 0.29) is 0 Å². The Kier molecular flexibility index (Phi) is 4.93. The number of rotatable bonds is 4. The van der Waals surface area contributed by atoms with Gasteiger partial charge >= 0.3 is 0 Å². The van der Waals surface area contributed by atoms with E-state index in [9.17, 15) is 4.79 Å². The second-order valence-corrected chi connectivity index (χ2v) is 6.43. The summed E-state index contributed by atoms with van der Waals surface area (Å²) in [5.74, 6) is 1.89. The highest BCUT2D eigenvalue weighted by atomic mass is 16.2. The molecule has 1 aliphatic heterocycles. The predicted octanol–water partition coefficient (Wildman–Crippen LogP) is 1.81. The molecule has 22 heavy (non-hydrogen) atoms. The summed E-state index contributed by atoms with van der Waals surface area (Å²) in [6.07, 6.45) is 12.3. The molecule has 0 bridgehead atoms. The summed E-state index contributed by atoms with van der Waals surface area (Å²) in [6, 6.07) is 0. The largest absolute Gasteiger partial charge is 0.341 e. The predicted molar refractivity (Wildman–Crippen MR) is 86.2 cm³/mol. The first-order chi connectivity index (χ1) is 10.7. The van der Waals surface area contributed by atoms with Crippen LogP contribution in [0.4, 0.5) is 0 Å². The van der Waals surface area contributed by atoms with Crippen LogP contribution in [0.15, 0.2) is 24.5 Å². The summed E-state index contributed by atoms with van der Waals surface area (Å²) in [7, 11) is 2.03. The van der Waals surface area contributed by atoms with Gasteiger partial charge in [-0.25, -0.2) is 4.98 Å². The Hall–Kier alpha value is -1.62. The van der Waals surface area contributed by atoms with Gasteiger partial charge in [-0.2, -0.15) is 0 Å². The molecule has 0 saturated carbocycles. The van der Waals surface area contributed by atoms with Crippen LogP contribution in [0.25, 0.3) is 0 Å². The second-order valence-electron chi connectivity index (χ2n) is 6.43. The van der Waals surface area contributed by atoms with E-state index in [2.05, 4.69) is 31.5 Å². The van der Waals surface area contributed by atoms with Crippen molar-refractivity contribution in [2.75, 3.05) is 26.2 Å².